The van der Waals surface area contributed by atoms with E-state index in [1.54, 1.807) is 30.3 Å². The van der Waals surface area contributed by atoms with Gasteiger partial charge >= 0.3 is 6.03 Å². The largest absolute Gasteiger partial charge is 0.491 e. The van der Waals surface area contributed by atoms with Gasteiger partial charge in [-0.05, 0) is 43.7 Å². The summed E-state index contributed by atoms with van der Waals surface area (Å²) in [7, 11) is 0. The van der Waals surface area contributed by atoms with Gasteiger partial charge in [0.2, 0.25) is 0 Å². The number of nitrogens with one attached hydrogen (secondary N) is 2. The summed E-state index contributed by atoms with van der Waals surface area (Å²) in [6.07, 6.45) is -0.867. The van der Waals surface area contributed by atoms with E-state index in [0.717, 1.165) is 0 Å². The van der Waals surface area contributed by atoms with Gasteiger partial charge in [-0.2, -0.15) is 0 Å². The Hall–Kier alpha value is -2.60. The number of halogens is 1. The third kappa shape index (κ3) is 5.24. The van der Waals surface area contributed by atoms with E-state index < -0.39 is 18.0 Å². The van der Waals surface area contributed by atoms with Crippen molar-refractivity contribution in [1.82, 2.24) is 5.32 Å². The van der Waals surface area contributed by atoms with Crippen LogP contribution in [0.2, 0.25) is 0 Å². The summed E-state index contributed by atoms with van der Waals surface area (Å²) in [5.41, 5.74) is 0.705. The van der Waals surface area contributed by atoms with Crippen molar-refractivity contribution < 1.29 is 19.0 Å². The first-order chi connectivity index (χ1) is 11.5. The summed E-state index contributed by atoms with van der Waals surface area (Å²) < 4.78 is 19.0. The van der Waals surface area contributed by atoms with Crippen molar-refractivity contribution in [3.63, 3.8) is 0 Å². The fraction of sp³-hybridized carbons (Fsp3) is 0.278. The molecule has 1 atom stereocenters. The number of hydrogen-bond donors (Lipinski definition) is 3. The molecule has 0 radical (unpaired) electrons. The number of hydrogen-bond acceptors (Lipinski definition) is 3. The van der Waals surface area contributed by atoms with E-state index in [1.807, 2.05) is 13.8 Å². The lowest BCUT2D eigenvalue weighted by Crippen LogP contribution is -2.32. The molecule has 0 bridgehead atoms. The number of urea groups is 1. The molecule has 2 rings (SSSR count). The topological polar surface area (TPSA) is 70.6 Å². The molecule has 0 saturated carbocycles. The van der Waals surface area contributed by atoms with Gasteiger partial charge in [0.1, 0.15) is 11.6 Å². The Kier molecular flexibility index (Phi) is 6.14. The highest BCUT2D eigenvalue weighted by Crippen LogP contribution is 2.20. The summed E-state index contributed by atoms with van der Waals surface area (Å²) >= 11 is 0. The number of rotatable bonds is 6. The van der Waals surface area contributed by atoms with Crippen molar-refractivity contribution in [3.05, 3.63) is 59.9 Å². The fourth-order valence-corrected chi connectivity index (χ4v) is 2.10. The zero-order valence-corrected chi connectivity index (χ0v) is 13.6. The fourth-order valence-electron chi connectivity index (χ4n) is 2.10. The Labute approximate surface area is 140 Å². The molecule has 2 aromatic rings. The molecule has 24 heavy (non-hydrogen) atoms. The van der Waals surface area contributed by atoms with Gasteiger partial charge in [0.05, 0.1) is 17.9 Å². The van der Waals surface area contributed by atoms with Crippen molar-refractivity contribution in [2.45, 2.75) is 26.1 Å². The van der Waals surface area contributed by atoms with Gasteiger partial charge in [-0.3, -0.25) is 0 Å². The van der Waals surface area contributed by atoms with Gasteiger partial charge in [-0.15, -0.1) is 0 Å². The second kappa shape index (κ2) is 8.31. The number of carbonyl (C=O) groups is 1. The van der Waals surface area contributed by atoms with E-state index in [2.05, 4.69) is 10.6 Å². The maximum Gasteiger partial charge on any atom is 0.319 e. The number of aliphatic hydroxyl groups excluding tert-OH is 1. The molecular formula is C18H21FN2O3. The zero-order valence-electron chi connectivity index (χ0n) is 13.6. The van der Waals surface area contributed by atoms with E-state index in [0.29, 0.717) is 11.3 Å². The lowest BCUT2D eigenvalue weighted by molar-refractivity contribution is 0.174. The first kappa shape index (κ1) is 17.7. The smallest absolute Gasteiger partial charge is 0.319 e. The summed E-state index contributed by atoms with van der Waals surface area (Å²) in [4.78, 5) is 11.8. The molecule has 0 spiro atoms. The van der Waals surface area contributed by atoms with E-state index in [1.165, 1.54) is 18.2 Å². The molecule has 0 saturated heterocycles. The van der Waals surface area contributed by atoms with Crippen LogP contribution in [0.5, 0.6) is 5.75 Å². The minimum atomic E-state index is -0.896. The zero-order chi connectivity index (χ0) is 17.5. The Morgan fingerprint density at radius 1 is 1.21 bits per heavy atom. The molecule has 3 N–H and O–H groups in total. The molecule has 2 amide bonds. The van der Waals surface area contributed by atoms with Crippen LogP contribution in [-0.4, -0.2) is 23.8 Å². The van der Waals surface area contributed by atoms with E-state index in [4.69, 9.17) is 4.74 Å². The minimum absolute atomic E-state index is 0.00851. The van der Waals surface area contributed by atoms with Crippen molar-refractivity contribution in [1.29, 1.82) is 0 Å². The number of para-hydroxylation sites is 1. The van der Waals surface area contributed by atoms with Crippen molar-refractivity contribution in [3.8, 4) is 5.75 Å². The lowest BCUT2D eigenvalue weighted by Gasteiger charge is -2.15. The van der Waals surface area contributed by atoms with E-state index in [-0.39, 0.29) is 18.3 Å². The molecule has 0 aromatic heterocycles. The average molecular weight is 332 g/mol. The molecule has 0 aliphatic rings. The number of amides is 2. The van der Waals surface area contributed by atoms with Crippen LogP contribution in [0.3, 0.4) is 0 Å². The van der Waals surface area contributed by atoms with Crippen LogP contribution < -0.4 is 15.4 Å². The number of aliphatic hydroxyl groups is 1. The van der Waals surface area contributed by atoms with Gasteiger partial charge < -0.3 is 20.5 Å². The van der Waals surface area contributed by atoms with Crippen molar-refractivity contribution in [2.24, 2.45) is 0 Å². The summed E-state index contributed by atoms with van der Waals surface area (Å²) in [5.74, 6) is 0.129. The first-order valence-corrected chi connectivity index (χ1v) is 7.70. The Morgan fingerprint density at radius 3 is 2.67 bits per heavy atom. The van der Waals surface area contributed by atoms with E-state index in [9.17, 15) is 14.3 Å². The van der Waals surface area contributed by atoms with Gasteiger partial charge in [-0.25, -0.2) is 9.18 Å². The summed E-state index contributed by atoms with van der Waals surface area (Å²) in [5, 5.41) is 15.1. The van der Waals surface area contributed by atoms with Crippen molar-refractivity contribution >= 4 is 11.7 Å². The van der Waals surface area contributed by atoms with Crippen LogP contribution >= 0.6 is 0 Å². The molecule has 0 fully saturated rings. The van der Waals surface area contributed by atoms with Crippen molar-refractivity contribution in [2.75, 3.05) is 11.9 Å². The number of carbonyl (C=O) groups excluding carboxylic acids is 1. The lowest BCUT2D eigenvalue weighted by atomic mass is 10.1. The molecule has 2 aromatic carbocycles. The number of benzene rings is 2. The first-order valence-electron chi connectivity index (χ1n) is 7.70. The maximum atomic E-state index is 13.5. The average Bonchev–Trinajstić information content (AvgIpc) is 2.54. The van der Waals surface area contributed by atoms with E-state index >= 15 is 0 Å². The Morgan fingerprint density at radius 2 is 1.96 bits per heavy atom. The molecule has 1 unspecified atom stereocenters. The standard InChI is InChI=1S/C18H21FN2O3/c1-12(2)24-14-7-5-6-13(10-14)17(22)11-20-18(23)21-16-9-4-3-8-15(16)19/h3-10,12,17,22H,11H2,1-2H3,(H2,20,21,23). The summed E-state index contributed by atoms with van der Waals surface area (Å²) in [6, 6.07) is 12.3. The third-order valence-electron chi connectivity index (χ3n) is 3.19. The number of ether oxygens (including phenoxy) is 1. The Bertz CT molecular complexity index is 691. The normalized spacial score (nSPS) is 11.9. The maximum absolute atomic E-state index is 13.5. The quantitative estimate of drug-likeness (QED) is 0.758. The van der Waals surface area contributed by atoms with Crippen LogP contribution in [0.25, 0.3) is 0 Å². The van der Waals surface area contributed by atoms with Crippen LogP contribution in [0.1, 0.15) is 25.5 Å². The number of anilines is 1. The highest BCUT2D eigenvalue weighted by Gasteiger charge is 2.12. The summed E-state index contributed by atoms with van der Waals surface area (Å²) in [6.45, 7) is 3.82. The van der Waals surface area contributed by atoms with Gasteiger partial charge in [0.25, 0.3) is 0 Å². The molecule has 128 valence electrons. The van der Waals surface area contributed by atoms with Crippen LogP contribution in [0.15, 0.2) is 48.5 Å². The highest BCUT2D eigenvalue weighted by molar-refractivity contribution is 5.89. The molecule has 0 aliphatic heterocycles. The monoisotopic (exact) mass is 332 g/mol. The van der Waals surface area contributed by atoms with Crippen LogP contribution in [0.4, 0.5) is 14.9 Å². The minimum Gasteiger partial charge on any atom is -0.491 e. The third-order valence-corrected chi connectivity index (χ3v) is 3.19. The van der Waals surface area contributed by atoms with Gasteiger partial charge in [0.15, 0.2) is 0 Å². The SMILES string of the molecule is CC(C)Oc1cccc(C(O)CNC(=O)Nc2ccccc2F)c1. The molecule has 5 nitrogen and oxygen atoms in total. The van der Waals surface area contributed by atoms with Crippen LogP contribution in [-0.2, 0) is 0 Å². The molecular weight excluding hydrogens is 311 g/mol. The molecule has 0 heterocycles. The molecule has 6 heteroatoms. The predicted octanol–water partition coefficient (Wildman–Crippen LogP) is 3.47. The molecule has 0 aliphatic carbocycles. The van der Waals surface area contributed by atoms with Gasteiger partial charge in [0, 0.05) is 6.54 Å². The second-order valence-corrected chi connectivity index (χ2v) is 5.57. The van der Waals surface area contributed by atoms with Crippen LogP contribution in [0, 0.1) is 5.82 Å². The van der Waals surface area contributed by atoms with Gasteiger partial charge in [-0.1, -0.05) is 24.3 Å². The Balaban J connectivity index is 1.89. The predicted molar refractivity (Wildman–Crippen MR) is 90.6 cm³/mol. The second-order valence-electron chi connectivity index (χ2n) is 5.57. The highest BCUT2D eigenvalue weighted by atomic mass is 19.1.